The number of rotatable bonds is 11. The molecular weight excluding hydrogens is 792 g/mol. The summed E-state index contributed by atoms with van der Waals surface area (Å²) in [5.41, 5.74) is 0. The number of carbonyl (C=O) groups is 1. The van der Waals surface area contributed by atoms with Crippen molar-refractivity contribution < 1.29 is 26.7 Å². The Labute approximate surface area is 291 Å². The third kappa shape index (κ3) is 8.33. The summed E-state index contributed by atoms with van der Waals surface area (Å²) in [5.74, 6) is 0.787. The van der Waals surface area contributed by atoms with Crippen LogP contribution in [-0.2, 0) is 24.8 Å². The van der Waals surface area contributed by atoms with Gasteiger partial charge < -0.3 is 10.0 Å². The van der Waals surface area contributed by atoms with Crippen LogP contribution >= 0.6 is 54.8 Å². The summed E-state index contributed by atoms with van der Waals surface area (Å²) < 4.78 is 57.6. The van der Waals surface area contributed by atoms with E-state index in [0.717, 1.165) is 81.3 Å². The second kappa shape index (κ2) is 15.0. The Morgan fingerprint density at radius 1 is 0.956 bits per heavy atom. The first-order valence-corrected chi connectivity index (χ1v) is 20.8. The van der Waals surface area contributed by atoms with Crippen LogP contribution in [0.1, 0.15) is 57.8 Å². The maximum atomic E-state index is 13.4. The van der Waals surface area contributed by atoms with Crippen LogP contribution in [0.5, 0.6) is 0 Å². The fourth-order valence-electron chi connectivity index (χ4n) is 6.52. The highest BCUT2D eigenvalue weighted by Gasteiger charge is 2.35. The number of carboxylic acid groups (broad SMARTS) is 1. The molecule has 248 valence electrons. The van der Waals surface area contributed by atoms with Gasteiger partial charge in [-0.3, -0.25) is 0 Å². The van der Waals surface area contributed by atoms with Gasteiger partial charge in [0.2, 0.25) is 10.0 Å². The molecule has 3 saturated heterocycles. The van der Waals surface area contributed by atoms with Crippen molar-refractivity contribution in [3.8, 4) is 0 Å². The second-order valence-electron chi connectivity index (χ2n) is 11.9. The van der Waals surface area contributed by atoms with Gasteiger partial charge in [-0.05, 0) is 94.4 Å². The lowest BCUT2D eigenvalue weighted by Gasteiger charge is -2.34. The lowest BCUT2D eigenvalue weighted by molar-refractivity contribution is -0.131. The number of pyridine rings is 1. The van der Waals surface area contributed by atoms with E-state index in [-0.39, 0.29) is 9.10 Å². The molecule has 1 atom stereocenters. The van der Waals surface area contributed by atoms with Gasteiger partial charge in [-0.15, -0.1) is 11.3 Å². The molecule has 16 heteroatoms. The molecule has 0 radical (unpaired) electrons. The number of thiophene rings is 1. The molecule has 5 rings (SSSR count). The molecule has 1 unspecified atom stereocenters. The molecule has 3 aliphatic heterocycles. The number of aromatic nitrogens is 1. The molecule has 2 aromatic rings. The number of piperidine rings is 2. The number of sulfonamides is 2. The molecule has 0 spiro atoms. The van der Waals surface area contributed by atoms with Crippen molar-refractivity contribution in [2.24, 2.45) is 11.8 Å². The summed E-state index contributed by atoms with van der Waals surface area (Å²) in [6, 6.07) is 2.71. The maximum Gasteiger partial charge on any atom is 0.328 e. The number of halogens is 3. The summed E-state index contributed by atoms with van der Waals surface area (Å²) in [4.78, 5) is 17.8. The summed E-state index contributed by atoms with van der Waals surface area (Å²) in [6.07, 6.45) is 12.3. The Bertz CT molecular complexity index is 1600. The Kier molecular flexibility index (Phi) is 11.7. The summed E-state index contributed by atoms with van der Waals surface area (Å²) in [7, 11) is -7.32. The van der Waals surface area contributed by atoms with Gasteiger partial charge in [-0.1, -0.05) is 36.9 Å². The van der Waals surface area contributed by atoms with E-state index in [4.69, 9.17) is 16.7 Å². The maximum absolute atomic E-state index is 13.4. The topological polar surface area (TPSA) is 128 Å². The molecule has 3 aliphatic rings. The van der Waals surface area contributed by atoms with Gasteiger partial charge in [0.1, 0.15) is 19.3 Å². The van der Waals surface area contributed by atoms with E-state index < -0.39 is 32.1 Å². The Morgan fingerprint density at radius 3 is 2.18 bits per heavy atom. The lowest BCUT2D eigenvalue weighted by atomic mass is 9.87. The second-order valence-corrected chi connectivity index (χ2v) is 19.3. The molecule has 10 nitrogen and oxygen atoms in total. The van der Waals surface area contributed by atoms with Crippen LogP contribution in [0.4, 0.5) is 5.82 Å². The van der Waals surface area contributed by atoms with Gasteiger partial charge in [0.25, 0.3) is 10.0 Å². The van der Waals surface area contributed by atoms with Crippen LogP contribution in [0.15, 0.2) is 48.5 Å². The van der Waals surface area contributed by atoms with Gasteiger partial charge in [-0.2, -0.15) is 8.61 Å². The molecule has 1 N–H and O–H groups in total. The van der Waals surface area contributed by atoms with Crippen LogP contribution in [0.2, 0.25) is 4.34 Å². The first-order chi connectivity index (χ1) is 21.4. The van der Waals surface area contributed by atoms with Gasteiger partial charge in [0.15, 0.2) is 0 Å². The Morgan fingerprint density at radius 2 is 1.60 bits per heavy atom. The Hall–Kier alpha value is -1.07. The van der Waals surface area contributed by atoms with Gasteiger partial charge in [0.05, 0.1) is 4.47 Å². The van der Waals surface area contributed by atoms with E-state index in [2.05, 4.69) is 41.7 Å². The van der Waals surface area contributed by atoms with E-state index in [1.54, 1.807) is 16.4 Å². The molecular formula is C29H37Br2ClN4O6S3. The van der Waals surface area contributed by atoms with E-state index in [1.807, 2.05) is 0 Å². The third-order valence-electron chi connectivity index (χ3n) is 9.04. The first-order valence-electron chi connectivity index (χ1n) is 15.1. The van der Waals surface area contributed by atoms with E-state index in [0.29, 0.717) is 57.6 Å². The number of aliphatic carboxylic acids is 1. The van der Waals surface area contributed by atoms with Gasteiger partial charge in [0, 0.05) is 55.5 Å². The molecule has 0 saturated carbocycles. The zero-order chi connectivity index (χ0) is 32.4. The highest BCUT2D eigenvalue weighted by atomic mass is 79.9. The number of hydrogen-bond acceptors (Lipinski definition) is 8. The van der Waals surface area contributed by atoms with E-state index >= 15 is 0 Å². The Balaban J connectivity index is 1.07. The summed E-state index contributed by atoms with van der Waals surface area (Å²) >= 11 is 14.0. The highest BCUT2D eigenvalue weighted by molar-refractivity contribution is 9.11. The van der Waals surface area contributed by atoms with Crippen LogP contribution in [0, 0.1) is 11.8 Å². The van der Waals surface area contributed by atoms with Crippen molar-refractivity contribution in [3.05, 3.63) is 43.8 Å². The van der Waals surface area contributed by atoms with Crippen LogP contribution in [0.25, 0.3) is 0 Å². The standard InChI is InChI=1S/C29H37Br2ClN4O6S3/c30-24-18-27(43-28(24)32)45(41,42)35-15-10-21(11-16-35)4-1-3-20-8-13-34(14-9-20)29-25(31)17-23(19-33-29)44(39,40)36-12-2-5-22(36)6-7-26(37)38/h6-7,17-22H,1-5,8-16H2,(H,37,38)/b7-6+. The fourth-order valence-corrected chi connectivity index (χ4v) is 12.8. The van der Waals surface area contributed by atoms with Crippen molar-refractivity contribution in [3.63, 3.8) is 0 Å². The van der Waals surface area contributed by atoms with E-state index in [1.165, 1.54) is 16.6 Å². The molecule has 0 bridgehead atoms. The molecule has 3 fully saturated rings. The summed E-state index contributed by atoms with van der Waals surface area (Å²) in [5, 5.41) is 8.95. The lowest BCUT2D eigenvalue weighted by Crippen LogP contribution is -2.38. The molecule has 45 heavy (non-hydrogen) atoms. The van der Waals surface area contributed by atoms with Crippen molar-refractivity contribution in [2.45, 2.75) is 72.9 Å². The number of hydrogen-bond donors (Lipinski definition) is 1. The average molecular weight is 829 g/mol. The fraction of sp³-hybridized carbons (Fsp3) is 0.586. The average Bonchev–Trinajstić information content (AvgIpc) is 3.63. The SMILES string of the molecule is O=C(O)/C=C/C1CCCN1S(=O)(=O)c1cnc(N2CCC(CCCC3CCN(S(=O)(=O)c4cc(Br)c(Cl)s4)CC3)CC2)c(Br)c1. The number of anilines is 1. The van der Waals surface area contributed by atoms with Crippen LogP contribution < -0.4 is 4.90 Å². The first kappa shape index (κ1) is 35.2. The van der Waals surface area contributed by atoms with Gasteiger partial charge >= 0.3 is 5.97 Å². The normalized spacial score (nSPS) is 21.7. The van der Waals surface area contributed by atoms with Crippen molar-refractivity contribution in [1.29, 1.82) is 0 Å². The van der Waals surface area contributed by atoms with E-state index in [9.17, 15) is 21.6 Å². The number of nitrogens with zero attached hydrogens (tertiary/aromatic N) is 4. The van der Waals surface area contributed by atoms with Crippen LogP contribution in [-0.4, -0.2) is 80.3 Å². The molecule has 0 amide bonds. The largest absolute Gasteiger partial charge is 0.478 e. The molecule has 0 aromatic carbocycles. The minimum Gasteiger partial charge on any atom is -0.478 e. The van der Waals surface area contributed by atoms with Gasteiger partial charge in [-0.25, -0.2) is 26.6 Å². The van der Waals surface area contributed by atoms with Crippen molar-refractivity contribution in [2.75, 3.05) is 37.6 Å². The monoisotopic (exact) mass is 826 g/mol. The molecule has 2 aromatic heterocycles. The third-order valence-corrected chi connectivity index (χ3v) is 16.3. The molecule has 5 heterocycles. The highest BCUT2D eigenvalue weighted by Crippen LogP contribution is 2.38. The minimum atomic E-state index is -3.82. The predicted octanol–water partition coefficient (Wildman–Crippen LogP) is 6.60. The van der Waals surface area contributed by atoms with Crippen molar-refractivity contribution >= 4 is 86.6 Å². The molecule has 0 aliphatic carbocycles. The zero-order valence-electron chi connectivity index (χ0n) is 24.7. The smallest absolute Gasteiger partial charge is 0.328 e. The minimum absolute atomic E-state index is 0.0936. The van der Waals surface area contributed by atoms with Crippen LogP contribution in [0.3, 0.4) is 0 Å². The predicted molar refractivity (Wildman–Crippen MR) is 183 cm³/mol. The zero-order valence-corrected chi connectivity index (χ0v) is 31.0. The van der Waals surface area contributed by atoms with Crippen molar-refractivity contribution in [1.82, 2.24) is 13.6 Å². The summed E-state index contributed by atoms with van der Waals surface area (Å²) in [6.45, 7) is 3.11. The number of carboxylic acids is 1. The quantitative estimate of drug-likeness (QED) is 0.251.